The molecule has 0 bridgehead atoms. The molecule has 2 rings (SSSR count). The summed E-state index contributed by atoms with van der Waals surface area (Å²) in [5.41, 5.74) is 6.65. The van der Waals surface area contributed by atoms with Crippen molar-refractivity contribution in [1.82, 2.24) is 4.90 Å². The first kappa shape index (κ1) is 13.2. The second-order valence-corrected chi connectivity index (χ2v) is 5.25. The van der Waals surface area contributed by atoms with Crippen LogP contribution in [0.3, 0.4) is 0 Å². The minimum atomic E-state index is -0.0870. The van der Waals surface area contributed by atoms with Crippen LogP contribution >= 0.6 is 11.6 Å². The molecule has 18 heavy (non-hydrogen) atoms. The number of carbonyl (C=O) groups excluding carboxylic acids is 1. The summed E-state index contributed by atoms with van der Waals surface area (Å²) < 4.78 is 0. The van der Waals surface area contributed by atoms with Gasteiger partial charge in [-0.3, -0.25) is 0 Å². The lowest BCUT2D eigenvalue weighted by Crippen LogP contribution is -2.49. The highest BCUT2D eigenvalue weighted by Gasteiger charge is 2.26. The van der Waals surface area contributed by atoms with Gasteiger partial charge in [-0.2, -0.15) is 0 Å². The Morgan fingerprint density at radius 1 is 1.56 bits per heavy atom. The Bertz CT molecular complexity index is 438. The number of piperidine rings is 1. The van der Waals surface area contributed by atoms with Crippen molar-refractivity contribution in [2.24, 2.45) is 11.7 Å². The summed E-state index contributed by atoms with van der Waals surface area (Å²) in [6.45, 7) is 3.48. The van der Waals surface area contributed by atoms with Crippen molar-refractivity contribution in [1.29, 1.82) is 0 Å². The molecule has 0 radical (unpaired) electrons. The molecular formula is C13H18ClN3O. The molecule has 0 spiro atoms. The molecule has 0 aromatic heterocycles. The number of carbonyl (C=O) groups is 1. The Kier molecular flexibility index (Phi) is 4.09. The van der Waals surface area contributed by atoms with E-state index in [4.69, 9.17) is 17.3 Å². The summed E-state index contributed by atoms with van der Waals surface area (Å²) >= 11 is 5.87. The molecule has 1 heterocycles. The van der Waals surface area contributed by atoms with E-state index in [1.165, 1.54) is 0 Å². The average Bonchev–Trinajstić information content (AvgIpc) is 2.32. The zero-order valence-corrected chi connectivity index (χ0v) is 11.2. The average molecular weight is 268 g/mol. The van der Waals surface area contributed by atoms with E-state index in [9.17, 15) is 4.79 Å². The first-order valence-corrected chi connectivity index (χ1v) is 6.51. The molecule has 1 aromatic carbocycles. The molecule has 5 heteroatoms. The molecule has 1 saturated heterocycles. The summed E-state index contributed by atoms with van der Waals surface area (Å²) in [6.07, 6.45) is 0.851. The van der Waals surface area contributed by atoms with Gasteiger partial charge in [0, 0.05) is 29.8 Å². The van der Waals surface area contributed by atoms with Gasteiger partial charge in [-0.25, -0.2) is 4.79 Å². The molecule has 1 aliphatic heterocycles. The van der Waals surface area contributed by atoms with Crippen LogP contribution in [0.2, 0.25) is 5.02 Å². The monoisotopic (exact) mass is 267 g/mol. The molecule has 4 nitrogen and oxygen atoms in total. The third-order valence-corrected chi connectivity index (χ3v) is 3.57. The van der Waals surface area contributed by atoms with Gasteiger partial charge >= 0.3 is 6.03 Å². The van der Waals surface area contributed by atoms with Gasteiger partial charge in [-0.15, -0.1) is 0 Å². The standard InChI is InChI=1S/C13H18ClN3O/c1-9-8-17(6-5-12(9)15)13(18)16-11-4-2-3-10(14)7-11/h2-4,7,9,12H,5-6,8,15H2,1H3,(H,16,18). The van der Waals surface area contributed by atoms with Gasteiger partial charge in [-0.1, -0.05) is 24.6 Å². The Hall–Kier alpha value is -1.26. The second-order valence-electron chi connectivity index (χ2n) is 4.82. The molecule has 0 aliphatic carbocycles. The smallest absolute Gasteiger partial charge is 0.321 e. The van der Waals surface area contributed by atoms with Crippen molar-refractivity contribution in [3.8, 4) is 0 Å². The van der Waals surface area contributed by atoms with E-state index in [0.29, 0.717) is 24.0 Å². The van der Waals surface area contributed by atoms with Crippen molar-refractivity contribution in [2.45, 2.75) is 19.4 Å². The van der Waals surface area contributed by atoms with E-state index in [1.54, 1.807) is 17.0 Å². The largest absolute Gasteiger partial charge is 0.327 e. The number of nitrogens with zero attached hydrogens (tertiary/aromatic N) is 1. The highest BCUT2D eigenvalue weighted by molar-refractivity contribution is 6.30. The Labute approximate surface area is 112 Å². The predicted octanol–water partition coefficient (Wildman–Crippen LogP) is 2.54. The van der Waals surface area contributed by atoms with E-state index in [0.717, 1.165) is 12.1 Å². The van der Waals surface area contributed by atoms with Gasteiger partial charge in [0.15, 0.2) is 0 Å². The lowest BCUT2D eigenvalue weighted by atomic mass is 9.95. The van der Waals surface area contributed by atoms with Crippen LogP contribution in [0.15, 0.2) is 24.3 Å². The molecular weight excluding hydrogens is 250 g/mol. The van der Waals surface area contributed by atoms with Crippen LogP contribution in [-0.4, -0.2) is 30.1 Å². The maximum atomic E-state index is 12.1. The minimum absolute atomic E-state index is 0.0870. The van der Waals surface area contributed by atoms with Gasteiger partial charge in [-0.05, 0) is 30.5 Å². The highest BCUT2D eigenvalue weighted by atomic mass is 35.5. The van der Waals surface area contributed by atoms with Crippen molar-refractivity contribution < 1.29 is 4.79 Å². The number of nitrogens with one attached hydrogen (secondary N) is 1. The predicted molar refractivity (Wildman–Crippen MR) is 73.8 cm³/mol. The van der Waals surface area contributed by atoms with Crippen molar-refractivity contribution in [3.63, 3.8) is 0 Å². The highest BCUT2D eigenvalue weighted by Crippen LogP contribution is 2.18. The van der Waals surface area contributed by atoms with Crippen molar-refractivity contribution >= 4 is 23.3 Å². The van der Waals surface area contributed by atoms with Gasteiger partial charge in [0.05, 0.1) is 0 Å². The maximum absolute atomic E-state index is 12.1. The molecule has 3 N–H and O–H groups in total. The molecule has 2 amide bonds. The lowest BCUT2D eigenvalue weighted by Gasteiger charge is -2.35. The molecule has 1 aromatic rings. The van der Waals surface area contributed by atoms with E-state index >= 15 is 0 Å². The van der Waals surface area contributed by atoms with E-state index in [-0.39, 0.29) is 12.1 Å². The number of halogens is 1. The van der Waals surface area contributed by atoms with E-state index in [1.807, 2.05) is 12.1 Å². The molecule has 1 aliphatic rings. The third-order valence-electron chi connectivity index (χ3n) is 3.33. The summed E-state index contributed by atoms with van der Waals surface area (Å²) in [6, 6.07) is 7.25. The molecule has 2 unspecified atom stereocenters. The second kappa shape index (κ2) is 5.59. The normalized spacial score (nSPS) is 23.8. The van der Waals surface area contributed by atoms with Crippen molar-refractivity contribution in [3.05, 3.63) is 29.3 Å². The van der Waals surface area contributed by atoms with Gasteiger partial charge in [0.2, 0.25) is 0 Å². The number of anilines is 1. The fourth-order valence-electron chi connectivity index (χ4n) is 2.12. The van der Waals surface area contributed by atoms with Gasteiger partial charge < -0.3 is 16.0 Å². The SMILES string of the molecule is CC1CN(C(=O)Nc2cccc(Cl)c2)CCC1N. The van der Waals surface area contributed by atoms with Crippen LogP contribution in [0, 0.1) is 5.92 Å². The molecule has 98 valence electrons. The van der Waals surface area contributed by atoms with Crippen LogP contribution in [0.5, 0.6) is 0 Å². The van der Waals surface area contributed by atoms with E-state index < -0.39 is 0 Å². The quantitative estimate of drug-likeness (QED) is 0.822. The first-order valence-electron chi connectivity index (χ1n) is 6.13. The van der Waals surface area contributed by atoms with Crippen LogP contribution < -0.4 is 11.1 Å². The van der Waals surface area contributed by atoms with Crippen LogP contribution in [0.25, 0.3) is 0 Å². The van der Waals surface area contributed by atoms with E-state index in [2.05, 4.69) is 12.2 Å². The third kappa shape index (κ3) is 3.15. The maximum Gasteiger partial charge on any atom is 0.321 e. The summed E-state index contributed by atoms with van der Waals surface area (Å²) in [4.78, 5) is 13.9. The topological polar surface area (TPSA) is 58.4 Å². The molecule has 0 saturated carbocycles. The molecule has 1 fully saturated rings. The Balaban J connectivity index is 1.96. The number of likely N-dealkylation sites (tertiary alicyclic amines) is 1. The number of hydrogen-bond donors (Lipinski definition) is 2. The van der Waals surface area contributed by atoms with Crippen LogP contribution in [0.4, 0.5) is 10.5 Å². The molecule has 2 atom stereocenters. The minimum Gasteiger partial charge on any atom is -0.327 e. The Morgan fingerprint density at radius 2 is 2.33 bits per heavy atom. The fourth-order valence-corrected chi connectivity index (χ4v) is 2.31. The summed E-state index contributed by atoms with van der Waals surface area (Å²) in [5, 5.41) is 3.46. The summed E-state index contributed by atoms with van der Waals surface area (Å²) in [7, 11) is 0. The number of amides is 2. The van der Waals surface area contributed by atoms with Gasteiger partial charge in [0.25, 0.3) is 0 Å². The lowest BCUT2D eigenvalue weighted by molar-refractivity contribution is 0.172. The van der Waals surface area contributed by atoms with Crippen molar-refractivity contribution in [2.75, 3.05) is 18.4 Å². The number of rotatable bonds is 1. The van der Waals surface area contributed by atoms with Crippen LogP contribution in [0.1, 0.15) is 13.3 Å². The summed E-state index contributed by atoms with van der Waals surface area (Å²) in [5.74, 6) is 0.337. The number of nitrogens with two attached hydrogens (primary N) is 1. The Morgan fingerprint density at radius 3 is 3.00 bits per heavy atom. The number of urea groups is 1. The number of hydrogen-bond acceptors (Lipinski definition) is 2. The number of benzene rings is 1. The van der Waals surface area contributed by atoms with Gasteiger partial charge in [0.1, 0.15) is 0 Å². The first-order chi connectivity index (χ1) is 8.56. The van der Waals surface area contributed by atoms with Crippen LogP contribution in [-0.2, 0) is 0 Å². The fraction of sp³-hybridized carbons (Fsp3) is 0.462. The zero-order chi connectivity index (χ0) is 13.1. The zero-order valence-electron chi connectivity index (χ0n) is 10.4.